The van der Waals surface area contributed by atoms with Crippen molar-refractivity contribution in [3.63, 3.8) is 0 Å². The van der Waals surface area contributed by atoms with Crippen molar-refractivity contribution in [2.24, 2.45) is 5.73 Å². The van der Waals surface area contributed by atoms with Crippen molar-refractivity contribution in [1.29, 1.82) is 0 Å². The summed E-state index contributed by atoms with van der Waals surface area (Å²) in [7, 11) is 1.26. The quantitative estimate of drug-likeness (QED) is 0.719. The molecule has 0 saturated carbocycles. The number of nitrogens with two attached hydrogens (primary N) is 1. The molecule has 0 aliphatic rings. The van der Waals surface area contributed by atoms with Gasteiger partial charge in [0.2, 0.25) is 0 Å². The van der Waals surface area contributed by atoms with Gasteiger partial charge in [0, 0.05) is 33.2 Å². The molecule has 0 heterocycles. The summed E-state index contributed by atoms with van der Waals surface area (Å²) in [6.07, 6.45) is 1.42. The van der Waals surface area contributed by atoms with E-state index in [9.17, 15) is 8.42 Å². The van der Waals surface area contributed by atoms with Crippen molar-refractivity contribution in [3.05, 3.63) is 0 Å². The molecule has 0 atom stereocenters. The van der Waals surface area contributed by atoms with Crippen LogP contribution in [0.15, 0.2) is 0 Å². The summed E-state index contributed by atoms with van der Waals surface area (Å²) in [6.45, 7) is 4.25. The summed E-state index contributed by atoms with van der Waals surface area (Å²) in [6, 6.07) is 0. The molecule has 5 nitrogen and oxygen atoms in total. The Balaban J connectivity index is 5.20. The first-order valence-electron chi connectivity index (χ1n) is 5.15. The van der Waals surface area contributed by atoms with Crippen molar-refractivity contribution >= 4 is 10.2 Å². The normalized spacial score (nSPS) is 13.9. The van der Waals surface area contributed by atoms with E-state index in [1.54, 1.807) is 7.05 Å². The van der Waals surface area contributed by atoms with Crippen LogP contribution in [0.2, 0.25) is 0 Å². The standard InChI is InChI=1S/C9H23N3O2S/c1-6-9(7-2,8-10)12(5)15(13,14)11(3)4/h6-8,10H2,1-5H3. The van der Waals surface area contributed by atoms with Crippen molar-refractivity contribution in [1.82, 2.24) is 8.61 Å². The highest BCUT2D eigenvalue weighted by atomic mass is 32.2. The molecular weight excluding hydrogens is 214 g/mol. The number of nitrogens with zero attached hydrogens (tertiary/aromatic N) is 2. The third kappa shape index (κ3) is 2.69. The third-order valence-corrected chi connectivity index (χ3v) is 5.17. The van der Waals surface area contributed by atoms with Crippen LogP contribution in [0, 0.1) is 0 Å². The van der Waals surface area contributed by atoms with Gasteiger partial charge in [-0.05, 0) is 12.8 Å². The molecule has 2 N–H and O–H groups in total. The fourth-order valence-corrected chi connectivity index (χ4v) is 2.91. The average Bonchev–Trinajstić information content (AvgIpc) is 2.20. The Morgan fingerprint density at radius 1 is 1.13 bits per heavy atom. The molecule has 0 aromatic carbocycles. The zero-order valence-corrected chi connectivity index (χ0v) is 11.1. The fourth-order valence-electron chi connectivity index (χ4n) is 1.60. The first-order chi connectivity index (χ1) is 6.78. The lowest BCUT2D eigenvalue weighted by Crippen LogP contribution is -2.56. The lowest BCUT2D eigenvalue weighted by atomic mass is 9.93. The molecule has 0 aromatic rings. The molecule has 0 amide bonds. The zero-order valence-electron chi connectivity index (χ0n) is 10.3. The van der Waals surface area contributed by atoms with Crippen molar-refractivity contribution < 1.29 is 8.42 Å². The molecule has 0 aromatic heterocycles. The van der Waals surface area contributed by atoms with Crippen LogP contribution in [0.5, 0.6) is 0 Å². The van der Waals surface area contributed by atoms with Gasteiger partial charge in [-0.1, -0.05) is 13.8 Å². The third-order valence-electron chi connectivity index (χ3n) is 3.17. The highest BCUT2D eigenvalue weighted by Crippen LogP contribution is 2.24. The van der Waals surface area contributed by atoms with Crippen LogP contribution >= 0.6 is 0 Å². The SMILES string of the molecule is CCC(CC)(CN)N(C)S(=O)(=O)N(C)C. The molecule has 0 radical (unpaired) electrons. The van der Waals surface area contributed by atoms with E-state index in [1.165, 1.54) is 22.7 Å². The van der Waals surface area contributed by atoms with E-state index < -0.39 is 15.7 Å². The molecule has 6 heteroatoms. The molecule has 0 aliphatic carbocycles. The van der Waals surface area contributed by atoms with Crippen LogP contribution < -0.4 is 5.73 Å². The lowest BCUT2D eigenvalue weighted by Gasteiger charge is -2.39. The smallest absolute Gasteiger partial charge is 0.281 e. The van der Waals surface area contributed by atoms with Crippen LogP contribution in [-0.2, 0) is 10.2 Å². The highest BCUT2D eigenvalue weighted by molar-refractivity contribution is 7.86. The van der Waals surface area contributed by atoms with Crippen molar-refractivity contribution in [2.75, 3.05) is 27.7 Å². The zero-order chi connectivity index (χ0) is 12.3. The van der Waals surface area contributed by atoms with Gasteiger partial charge in [-0.25, -0.2) is 0 Å². The maximum atomic E-state index is 11.9. The number of hydrogen-bond donors (Lipinski definition) is 1. The summed E-state index contributed by atoms with van der Waals surface area (Å²) >= 11 is 0. The van der Waals surface area contributed by atoms with Crippen molar-refractivity contribution in [3.8, 4) is 0 Å². The van der Waals surface area contributed by atoms with E-state index in [-0.39, 0.29) is 0 Å². The molecule has 0 spiro atoms. The minimum atomic E-state index is -3.38. The minimum absolute atomic E-state index is 0.337. The second-order valence-corrected chi connectivity index (χ2v) is 6.07. The second-order valence-electron chi connectivity index (χ2n) is 3.89. The number of likely N-dealkylation sites (N-methyl/N-ethyl adjacent to an activating group) is 1. The van der Waals surface area contributed by atoms with E-state index in [1.807, 2.05) is 13.8 Å². The van der Waals surface area contributed by atoms with Crippen molar-refractivity contribution in [2.45, 2.75) is 32.2 Å². The molecule has 15 heavy (non-hydrogen) atoms. The Kier molecular flexibility index (Phi) is 5.19. The van der Waals surface area contributed by atoms with Gasteiger partial charge in [-0.2, -0.15) is 17.0 Å². The maximum Gasteiger partial charge on any atom is 0.281 e. The molecule has 0 rings (SSSR count). The molecular formula is C9H23N3O2S. The Hall–Kier alpha value is -0.170. The topological polar surface area (TPSA) is 66.6 Å². The predicted octanol–water partition coefficient (Wildman–Crippen LogP) is 0.242. The van der Waals surface area contributed by atoms with Gasteiger partial charge in [0.15, 0.2) is 0 Å². The summed E-state index contributed by atoms with van der Waals surface area (Å²) < 4.78 is 26.5. The van der Waals surface area contributed by atoms with Gasteiger partial charge in [0.1, 0.15) is 0 Å². The Morgan fingerprint density at radius 3 is 1.73 bits per heavy atom. The van der Waals surface area contributed by atoms with E-state index >= 15 is 0 Å². The van der Waals surface area contributed by atoms with Crippen LogP contribution in [-0.4, -0.2) is 50.3 Å². The Morgan fingerprint density at radius 2 is 1.53 bits per heavy atom. The van der Waals surface area contributed by atoms with E-state index in [0.29, 0.717) is 19.4 Å². The van der Waals surface area contributed by atoms with Gasteiger partial charge in [0.05, 0.1) is 0 Å². The summed E-state index contributed by atoms with van der Waals surface area (Å²) in [4.78, 5) is 0. The maximum absolute atomic E-state index is 11.9. The van der Waals surface area contributed by atoms with E-state index in [4.69, 9.17) is 5.73 Å². The summed E-state index contributed by atoms with van der Waals surface area (Å²) in [5, 5.41) is 0. The van der Waals surface area contributed by atoms with Crippen LogP contribution in [0.1, 0.15) is 26.7 Å². The largest absolute Gasteiger partial charge is 0.329 e. The van der Waals surface area contributed by atoms with E-state index in [2.05, 4.69) is 0 Å². The molecule has 0 bridgehead atoms. The molecule has 92 valence electrons. The van der Waals surface area contributed by atoms with Gasteiger partial charge in [-0.15, -0.1) is 0 Å². The Labute approximate surface area is 93.4 Å². The first-order valence-corrected chi connectivity index (χ1v) is 6.54. The number of rotatable bonds is 6. The van der Waals surface area contributed by atoms with Gasteiger partial charge < -0.3 is 5.73 Å². The van der Waals surface area contributed by atoms with Gasteiger partial charge in [0.25, 0.3) is 10.2 Å². The molecule has 0 fully saturated rings. The van der Waals surface area contributed by atoms with Crippen LogP contribution in [0.3, 0.4) is 0 Å². The van der Waals surface area contributed by atoms with Gasteiger partial charge >= 0.3 is 0 Å². The molecule has 0 unspecified atom stereocenters. The second kappa shape index (κ2) is 5.25. The predicted molar refractivity (Wildman–Crippen MR) is 62.7 cm³/mol. The minimum Gasteiger partial charge on any atom is -0.329 e. The van der Waals surface area contributed by atoms with Crippen LogP contribution in [0.4, 0.5) is 0 Å². The summed E-state index contributed by atoms with van der Waals surface area (Å²) in [5.41, 5.74) is 5.23. The Bertz CT molecular complexity index is 275. The lowest BCUT2D eigenvalue weighted by molar-refractivity contribution is 0.198. The first kappa shape index (κ1) is 14.8. The van der Waals surface area contributed by atoms with Gasteiger partial charge in [-0.3, -0.25) is 0 Å². The molecule has 0 aliphatic heterocycles. The summed E-state index contributed by atoms with van der Waals surface area (Å²) in [5.74, 6) is 0. The van der Waals surface area contributed by atoms with E-state index in [0.717, 1.165) is 0 Å². The average molecular weight is 237 g/mol. The monoisotopic (exact) mass is 237 g/mol. The fraction of sp³-hybridized carbons (Fsp3) is 1.00. The molecule has 0 saturated heterocycles. The number of hydrogen-bond acceptors (Lipinski definition) is 3. The highest BCUT2D eigenvalue weighted by Gasteiger charge is 2.38. The van der Waals surface area contributed by atoms with Crippen LogP contribution in [0.25, 0.3) is 0 Å².